The number of rotatable bonds is 78. The third kappa shape index (κ3) is 72.2. The van der Waals surface area contributed by atoms with E-state index < -0.39 is 97.5 Å². The van der Waals surface area contributed by atoms with E-state index in [0.717, 1.165) is 95.8 Å². The van der Waals surface area contributed by atoms with E-state index in [4.69, 9.17) is 37.0 Å². The number of aliphatic hydroxyl groups is 1. The van der Waals surface area contributed by atoms with Gasteiger partial charge in [-0.3, -0.25) is 37.3 Å². The standard InChI is InChI=1S/C78H152O17P2/c1-6-9-12-15-18-21-24-26-28-32-37-42-47-52-57-62-76(81)89-68-74(95-78(83)64-59-54-49-44-39-34-30-31-36-40-45-50-55-60-71(4)5)70-93-97(86,87)91-66-72(79)65-90-96(84,85)92-69-73(67-88-75(80)61-56-51-46-41-35-23-20-17-14-11-8-3)94-77(82)63-58-53-48-43-38-33-29-27-25-22-19-16-13-10-7-2/h71-74,79H,6-70H2,1-5H3,(H,84,85)(H,86,87)/t72-,73+,74+/m0/s1. The van der Waals surface area contributed by atoms with Crippen molar-refractivity contribution >= 4 is 39.5 Å². The first-order valence-electron chi connectivity index (χ1n) is 40.6. The second-order valence-corrected chi connectivity index (χ2v) is 31.5. The molecule has 17 nitrogen and oxygen atoms in total. The van der Waals surface area contributed by atoms with E-state index in [1.165, 1.54) is 238 Å². The molecule has 0 aliphatic rings. The van der Waals surface area contributed by atoms with E-state index in [2.05, 4.69) is 34.6 Å². The highest BCUT2D eigenvalue weighted by atomic mass is 31.2. The topological polar surface area (TPSA) is 237 Å². The highest BCUT2D eigenvalue weighted by Crippen LogP contribution is 2.45. The quantitative estimate of drug-likeness (QED) is 0.0222. The number of hydrogen-bond donors (Lipinski definition) is 3. The molecule has 0 radical (unpaired) electrons. The van der Waals surface area contributed by atoms with Crippen LogP contribution >= 0.6 is 15.6 Å². The molecule has 5 atom stereocenters. The molecule has 97 heavy (non-hydrogen) atoms. The van der Waals surface area contributed by atoms with E-state index in [-0.39, 0.29) is 25.7 Å². The summed E-state index contributed by atoms with van der Waals surface area (Å²) in [6.45, 7) is 7.33. The van der Waals surface area contributed by atoms with Crippen LogP contribution in [-0.4, -0.2) is 96.7 Å². The van der Waals surface area contributed by atoms with Gasteiger partial charge in [0.1, 0.15) is 19.3 Å². The Morgan fingerprint density at radius 2 is 0.474 bits per heavy atom. The van der Waals surface area contributed by atoms with Gasteiger partial charge in [0.15, 0.2) is 12.2 Å². The lowest BCUT2D eigenvalue weighted by Gasteiger charge is -2.21. The fourth-order valence-corrected chi connectivity index (χ4v) is 13.6. The molecule has 0 aliphatic carbocycles. The maximum Gasteiger partial charge on any atom is 0.472 e. The van der Waals surface area contributed by atoms with Crippen LogP contribution in [0.15, 0.2) is 0 Å². The van der Waals surface area contributed by atoms with Crippen LogP contribution in [0.1, 0.15) is 413 Å². The lowest BCUT2D eigenvalue weighted by atomic mass is 10.0. The molecule has 0 aromatic rings. The summed E-state index contributed by atoms with van der Waals surface area (Å²) in [5, 5.41) is 10.6. The SMILES string of the molecule is CCCCCCCCCCCCCCCCCC(=O)OC[C@H](COP(=O)(O)OC[C@@H](O)COP(=O)(O)OC[C@@H](COC(=O)CCCCCCCCCCCCC)OC(=O)CCCCCCCCCCCCCCCCC)OC(=O)CCCCCCCCCCCCCCCC(C)C. The van der Waals surface area contributed by atoms with Crippen molar-refractivity contribution in [3.8, 4) is 0 Å². The molecule has 0 aromatic heterocycles. The Labute approximate surface area is 594 Å². The molecule has 3 N–H and O–H groups in total. The van der Waals surface area contributed by atoms with Crippen molar-refractivity contribution in [3.63, 3.8) is 0 Å². The summed E-state index contributed by atoms with van der Waals surface area (Å²) in [6.07, 6.45) is 60.8. The zero-order valence-corrected chi connectivity index (χ0v) is 65.0. The summed E-state index contributed by atoms with van der Waals surface area (Å²) in [5.41, 5.74) is 0. The average molecular weight is 1420 g/mol. The summed E-state index contributed by atoms with van der Waals surface area (Å²) in [6, 6.07) is 0. The van der Waals surface area contributed by atoms with Crippen LogP contribution < -0.4 is 0 Å². The van der Waals surface area contributed by atoms with Crippen molar-refractivity contribution in [1.29, 1.82) is 0 Å². The fourth-order valence-electron chi connectivity index (χ4n) is 12.1. The minimum Gasteiger partial charge on any atom is -0.462 e. The van der Waals surface area contributed by atoms with Gasteiger partial charge in [-0.05, 0) is 31.6 Å². The van der Waals surface area contributed by atoms with Gasteiger partial charge in [-0.2, -0.15) is 0 Å². The molecule has 0 spiro atoms. The molecule has 0 fully saturated rings. The van der Waals surface area contributed by atoms with Gasteiger partial charge in [-0.15, -0.1) is 0 Å². The first-order valence-corrected chi connectivity index (χ1v) is 43.6. The van der Waals surface area contributed by atoms with E-state index >= 15 is 0 Å². The minimum atomic E-state index is -4.96. The molecule has 0 amide bonds. The molecule has 19 heteroatoms. The zero-order chi connectivity index (χ0) is 71.2. The van der Waals surface area contributed by atoms with Crippen LogP contribution in [0.3, 0.4) is 0 Å². The predicted molar refractivity (Wildman–Crippen MR) is 395 cm³/mol. The Bertz CT molecular complexity index is 1860. The number of phosphoric acid groups is 2. The van der Waals surface area contributed by atoms with Crippen LogP contribution in [0, 0.1) is 5.92 Å². The van der Waals surface area contributed by atoms with Crippen molar-refractivity contribution in [2.75, 3.05) is 39.6 Å². The molecular formula is C78H152O17P2. The smallest absolute Gasteiger partial charge is 0.462 e. The van der Waals surface area contributed by atoms with Crippen LogP contribution in [0.2, 0.25) is 0 Å². The summed E-state index contributed by atoms with van der Waals surface area (Å²) in [5.74, 6) is -1.32. The monoisotopic (exact) mass is 1420 g/mol. The normalized spacial score (nSPS) is 13.9. The third-order valence-corrected chi connectivity index (χ3v) is 20.2. The van der Waals surface area contributed by atoms with Crippen molar-refractivity contribution in [2.45, 2.75) is 432 Å². The first-order chi connectivity index (χ1) is 47.0. The largest absolute Gasteiger partial charge is 0.472 e. The van der Waals surface area contributed by atoms with E-state index in [1.54, 1.807) is 0 Å². The van der Waals surface area contributed by atoms with Crippen molar-refractivity contribution in [2.24, 2.45) is 5.92 Å². The summed E-state index contributed by atoms with van der Waals surface area (Å²) >= 11 is 0. The Hall–Kier alpha value is -1.94. The van der Waals surface area contributed by atoms with Crippen molar-refractivity contribution in [3.05, 3.63) is 0 Å². The second-order valence-electron chi connectivity index (χ2n) is 28.6. The van der Waals surface area contributed by atoms with E-state index in [0.29, 0.717) is 25.7 Å². The Balaban J connectivity index is 5.26. The van der Waals surface area contributed by atoms with Crippen LogP contribution in [0.25, 0.3) is 0 Å². The van der Waals surface area contributed by atoms with Crippen LogP contribution in [-0.2, 0) is 65.4 Å². The maximum absolute atomic E-state index is 13.1. The summed E-state index contributed by atoms with van der Waals surface area (Å²) in [4.78, 5) is 72.9. The van der Waals surface area contributed by atoms with Gasteiger partial charge >= 0.3 is 39.5 Å². The highest BCUT2D eigenvalue weighted by Gasteiger charge is 2.30. The Morgan fingerprint density at radius 3 is 0.701 bits per heavy atom. The van der Waals surface area contributed by atoms with Crippen LogP contribution in [0.4, 0.5) is 0 Å². The predicted octanol–water partition coefficient (Wildman–Crippen LogP) is 23.3. The van der Waals surface area contributed by atoms with Gasteiger partial charge in [0, 0.05) is 25.7 Å². The lowest BCUT2D eigenvalue weighted by Crippen LogP contribution is -2.30. The molecule has 0 heterocycles. The van der Waals surface area contributed by atoms with Gasteiger partial charge in [0.2, 0.25) is 0 Å². The molecular weight excluding hydrogens is 1270 g/mol. The highest BCUT2D eigenvalue weighted by molar-refractivity contribution is 7.47. The molecule has 576 valence electrons. The Kier molecular flexibility index (Phi) is 69.6. The number of hydrogen-bond acceptors (Lipinski definition) is 15. The molecule has 0 aromatic carbocycles. The molecule has 0 aliphatic heterocycles. The summed E-state index contributed by atoms with van der Waals surface area (Å²) < 4.78 is 68.6. The maximum atomic E-state index is 13.1. The van der Waals surface area contributed by atoms with Gasteiger partial charge in [-0.25, -0.2) is 9.13 Å². The van der Waals surface area contributed by atoms with Crippen molar-refractivity contribution in [1.82, 2.24) is 0 Å². The molecule has 0 saturated heterocycles. The third-order valence-electron chi connectivity index (χ3n) is 18.3. The number of aliphatic hydroxyl groups excluding tert-OH is 1. The van der Waals surface area contributed by atoms with Gasteiger partial charge in [0.25, 0.3) is 0 Å². The number of unbranched alkanes of at least 4 members (excludes halogenated alkanes) is 50. The number of carbonyl (C=O) groups is 4. The zero-order valence-electron chi connectivity index (χ0n) is 63.2. The van der Waals surface area contributed by atoms with Crippen molar-refractivity contribution < 1.29 is 80.2 Å². The van der Waals surface area contributed by atoms with E-state index in [9.17, 15) is 43.2 Å². The average Bonchev–Trinajstić information content (AvgIpc) is 1.24. The summed E-state index contributed by atoms with van der Waals surface area (Å²) in [7, 11) is -9.91. The fraction of sp³-hybridized carbons (Fsp3) is 0.949. The number of esters is 4. The number of phosphoric ester groups is 2. The lowest BCUT2D eigenvalue weighted by molar-refractivity contribution is -0.161. The minimum absolute atomic E-state index is 0.108. The number of ether oxygens (including phenoxy) is 4. The molecule has 0 rings (SSSR count). The molecule has 2 unspecified atom stereocenters. The van der Waals surface area contributed by atoms with E-state index in [1.807, 2.05) is 0 Å². The van der Waals surface area contributed by atoms with Crippen LogP contribution in [0.5, 0.6) is 0 Å². The molecule has 0 saturated carbocycles. The number of carbonyl (C=O) groups excluding carboxylic acids is 4. The first kappa shape index (κ1) is 95.1. The molecule has 0 bridgehead atoms. The van der Waals surface area contributed by atoms with Gasteiger partial charge in [-0.1, -0.05) is 362 Å². The second kappa shape index (κ2) is 71.1. The van der Waals surface area contributed by atoms with Gasteiger partial charge < -0.3 is 33.8 Å². The Morgan fingerprint density at radius 1 is 0.278 bits per heavy atom. The van der Waals surface area contributed by atoms with Gasteiger partial charge in [0.05, 0.1) is 26.4 Å².